The van der Waals surface area contributed by atoms with Crippen molar-refractivity contribution in [1.82, 2.24) is 15.5 Å². The molecular weight excluding hydrogens is 230 g/mol. The number of rotatable bonds is 4. The van der Waals surface area contributed by atoms with E-state index in [4.69, 9.17) is 0 Å². The Kier molecular flexibility index (Phi) is 4.58. The molecule has 2 rings (SSSR count). The van der Waals surface area contributed by atoms with Gasteiger partial charge in [0, 0.05) is 19.1 Å². The molecule has 1 saturated heterocycles. The number of nitrogens with one attached hydrogen (secondary N) is 2. The summed E-state index contributed by atoms with van der Waals surface area (Å²) < 4.78 is 0. The van der Waals surface area contributed by atoms with Gasteiger partial charge in [0.1, 0.15) is 0 Å². The SMILES string of the molecule is CCC1NCCN(CC(=O)NC2CCCC2)C1=O. The Morgan fingerprint density at radius 1 is 1.44 bits per heavy atom. The van der Waals surface area contributed by atoms with Gasteiger partial charge in [0.2, 0.25) is 11.8 Å². The highest BCUT2D eigenvalue weighted by molar-refractivity contribution is 5.88. The van der Waals surface area contributed by atoms with Gasteiger partial charge in [-0.2, -0.15) is 0 Å². The molecule has 1 atom stereocenters. The summed E-state index contributed by atoms with van der Waals surface area (Å²) in [6.07, 6.45) is 5.35. The van der Waals surface area contributed by atoms with Gasteiger partial charge in [-0.15, -0.1) is 0 Å². The van der Waals surface area contributed by atoms with Crippen LogP contribution >= 0.6 is 0 Å². The molecule has 5 nitrogen and oxygen atoms in total. The monoisotopic (exact) mass is 253 g/mol. The summed E-state index contributed by atoms with van der Waals surface area (Å²) in [5.74, 6) is 0.0531. The molecule has 0 spiro atoms. The molecule has 2 amide bonds. The van der Waals surface area contributed by atoms with Crippen LogP contribution in [0, 0.1) is 0 Å². The number of carbonyl (C=O) groups is 2. The average Bonchev–Trinajstić information content (AvgIpc) is 2.84. The fourth-order valence-corrected chi connectivity index (χ4v) is 2.78. The van der Waals surface area contributed by atoms with E-state index in [2.05, 4.69) is 10.6 Å². The molecule has 1 saturated carbocycles. The van der Waals surface area contributed by atoms with Crippen molar-refractivity contribution in [2.45, 2.75) is 51.1 Å². The Balaban J connectivity index is 1.80. The van der Waals surface area contributed by atoms with E-state index in [1.54, 1.807) is 4.90 Å². The number of hydrogen-bond acceptors (Lipinski definition) is 3. The first kappa shape index (κ1) is 13.3. The average molecular weight is 253 g/mol. The summed E-state index contributed by atoms with van der Waals surface area (Å²) in [6, 6.07) is 0.218. The lowest BCUT2D eigenvalue weighted by atomic mass is 10.1. The van der Waals surface area contributed by atoms with Crippen LogP contribution in [0.15, 0.2) is 0 Å². The van der Waals surface area contributed by atoms with E-state index in [0.717, 1.165) is 25.8 Å². The van der Waals surface area contributed by atoms with Crippen molar-refractivity contribution in [2.24, 2.45) is 0 Å². The summed E-state index contributed by atoms with van der Waals surface area (Å²) in [5.41, 5.74) is 0. The largest absolute Gasteiger partial charge is 0.352 e. The van der Waals surface area contributed by atoms with Crippen LogP contribution in [-0.2, 0) is 9.59 Å². The molecule has 1 aliphatic heterocycles. The van der Waals surface area contributed by atoms with Crippen molar-refractivity contribution in [1.29, 1.82) is 0 Å². The Morgan fingerprint density at radius 3 is 2.83 bits per heavy atom. The summed E-state index contributed by atoms with van der Waals surface area (Å²) in [5, 5.41) is 6.20. The molecule has 0 aromatic carbocycles. The zero-order valence-corrected chi connectivity index (χ0v) is 11.1. The summed E-state index contributed by atoms with van der Waals surface area (Å²) in [6.45, 7) is 3.61. The molecule has 1 heterocycles. The van der Waals surface area contributed by atoms with Crippen LogP contribution in [0.25, 0.3) is 0 Å². The van der Waals surface area contributed by atoms with Crippen LogP contribution in [0.3, 0.4) is 0 Å². The van der Waals surface area contributed by atoms with Crippen molar-refractivity contribution < 1.29 is 9.59 Å². The van der Waals surface area contributed by atoms with Crippen molar-refractivity contribution in [3.8, 4) is 0 Å². The predicted molar refractivity (Wildman–Crippen MR) is 69.1 cm³/mol. The molecule has 1 unspecified atom stereocenters. The summed E-state index contributed by atoms with van der Waals surface area (Å²) in [4.78, 5) is 25.6. The Hall–Kier alpha value is -1.10. The second kappa shape index (κ2) is 6.18. The van der Waals surface area contributed by atoms with E-state index in [1.807, 2.05) is 6.92 Å². The van der Waals surface area contributed by atoms with Crippen LogP contribution in [0.2, 0.25) is 0 Å². The lowest BCUT2D eigenvalue weighted by Crippen LogP contribution is -2.57. The Morgan fingerprint density at radius 2 is 2.17 bits per heavy atom. The molecule has 2 N–H and O–H groups in total. The van der Waals surface area contributed by atoms with Crippen LogP contribution in [0.1, 0.15) is 39.0 Å². The van der Waals surface area contributed by atoms with Crippen molar-refractivity contribution in [3.63, 3.8) is 0 Å². The number of hydrogen-bond donors (Lipinski definition) is 2. The van der Waals surface area contributed by atoms with E-state index in [-0.39, 0.29) is 24.4 Å². The fourth-order valence-electron chi connectivity index (χ4n) is 2.78. The topological polar surface area (TPSA) is 61.4 Å². The molecule has 0 bridgehead atoms. The van der Waals surface area contributed by atoms with E-state index < -0.39 is 0 Å². The van der Waals surface area contributed by atoms with Crippen LogP contribution < -0.4 is 10.6 Å². The Labute approximate surface area is 108 Å². The molecule has 2 aliphatic rings. The second-order valence-corrected chi connectivity index (χ2v) is 5.22. The fraction of sp³-hybridized carbons (Fsp3) is 0.846. The molecular formula is C13H23N3O2. The lowest BCUT2D eigenvalue weighted by Gasteiger charge is -2.32. The van der Waals surface area contributed by atoms with Crippen molar-refractivity contribution in [3.05, 3.63) is 0 Å². The summed E-state index contributed by atoms with van der Waals surface area (Å²) >= 11 is 0. The van der Waals surface area contributed by atoms with Crippen LogP contribution in [-0.4, -0.2) is 48.4 Å². The smallest absolute Gasteiger partial charge is 0.240 e. The van der Waals surface area contributed by atoms with Gasteiger partial charge in [-0.1, -0.05) is 19.8 Å². The van der Waals surface area contributed by atoms with Gasteiger partial charge < -0.3 is 15.5 Å². The number of amides is 2. The van der Waals surface area contributed by atoms with E-state index >= 15 is 0 Å². The van der Waals surface area contributed by atoms with Crippen LogP contribution in [0.4, 0.5) is 0 Å². The zero-order valence-electron chi connectivity index (χ0n) is 11.1. The predicted octanol–water partition coefficient (Wildman–Crippen LogP) is 0.256. The molecule has 0 radical (unpaired) electrons. The third-order valence-corrected chi connectivity index (χ3v) is 3.85. The molecule has 2 fully saturated rings. The second-order valence-electron chi connectivity index (χ2n) is 5.22. The normalized spacial score (nSPS) is 25.5. The third kappa shape index (κ3) is 3.22. The van der Waals surface area contributed by atoms with Gasteiger partial charge in [-0.25, -0.2) is 0 Å². The number of carbonyl (C=O) groups excluding carboxylic acids is 2. The third-order valence-electron chi connectivity index (χ3n) is 3.85. The van der Waals surface area contributed by atoms with Crippen LogP contribution in [0.5, 0.6) is 0 Å². The molecule has 0 aromatic rings. The van der Waals surface area contributed by atoms with Crippen molar-refractivity contribution in [2.75, 3.05) is 19.6 Å². The zero-order chi connectivity index (χ0) is 13.0. The Bertz CT molecular complexity index is 313. The number of piperazine rings is 1. The highest BCUT2D eigenvalue weighted by atomic mass is 16.2. The minimum atomic E-state index is -0.113. The first-order valence-electron chi connectivity index (χ1n) is 7.02. The minimum absolute atomic E-state index is 0.00740. The standard InChI is InChI=1S/C13H23N3O2/c1-2-11-13(18)16(8-7-14-11)9-12(17)15-10-5-3-4-6-10/h10-11,14H,2-9H2,1H3,(H,15,17). The maximum Gasteiger partial charge on any atom is 0.240 e. The first-order valence-corrected chi connectivity index (χ1v) is 7.02. The lowest BCUT2D eigenvalue weighted by molar-refractivity contribution is -0.139. The van der Waals surface area contributed by atoms with Gasteiger partial charge in [0.05, 0.1) is 12.6 Å². The maximum atomic E-state index is 12.0. The quantitative estimate of drug-likeness (QED) is 0.755. The van der Waals surface area contributed by atoms with Gasteiger partial charge >= 0.3 is 0 Å². The molecule has 5 heteroatoms. The first-order chi connectivity index (χ1) is 8.70. The van der Waals surface area contributed by atoms with Gasteiger partial charge in [-0.05, 0) is 19.3 Å². The maximum absolute atomic E-state index is 12.0. The number of nitrogens with zero attached hydrogens (tertiary/aromatic N) is 1. The van der Waals surface area contributed by atoms with E-state index in [9.17, 15) is 9.59 Å². The highest BCUT2D eigenvalue weighted by Crippen LogP contribution is 2.17. The summed E-state index contributed by atoms with van der Waals surface area (Å²) in [7, 11) is 0. The molecule has 1 aliphatic carbocycles. The molecule has 18 heavy (non-hydrogen) atoms. The highest BCUT2D eigenvalue weighted by Gasteiger charge is 2.28. The minimum Gasteiger partial charge on any atom is -0.352 e. The van der Waals surface area contributed by atoms with E-state index in [0.29, 0.717) is 12.6 Å². The molecule has 102 valence electrons. The molecule has 0 aromatic heterocycles. The van der Waals surface area contributed by atoms with Gasteiger partial charge in [0.15, 0.2) is 0 Å². The van der Waals surface area contributed by atoms with Gasteiger partial charge in [0.25, 0.3) is 0 Å². The van der Waals surface area contributed by atoms with Crippen molar-refractivity contribution >= 4 is 11.8 Å². The van der Waals surface area contributed by atoms with Gasteiger partial charge in [-0.3, -0.25) is 9.59 Å². The van der Waals surface area contributed by atoms with E-state index in [1.165, 1.54) is 12.8 Å².